The summed E-state index contributed by atoms with van der Waals surface area (Å²) in [7, 11) is -5.87. The largest absolute Gasteiger partial charge is 0.534 e. The van der Waals surface area contributed by atoms with Gasteiger partial charge < -0.3 is 23.1 Å². The summed E-state index contributed by atoms with van der Waals surface area (Å²) in [5.41, 5.74) is -6.71. The number of carbonyl (C=O) groups is 1. The van der Waals surface area contributed by atoms with Gasteiger partial charge in [-0.2, -0.15) is 21.6 Å². The Kier molecular flexibility index (Phi) is 6.55. The van der Waals surface area contributed by atoms with Crippen molar-refractivity contribution in [1.29, 1.82) is 0 Å². The van der Waals surface area contributed by atoms with E-state index in [1.54, 1.807) is 25.7 Å². The number of anilines is 1. The lowest BCUT2D eigenvalue weighted by Crippen LogP contribution is -2.39. The van der Waals surface area contributed by atoms with Crippen molar-refractivity contribution in [2.45, 2.75) is 38.3 Å². The molecule has 0 N–H and O–H groups in total. The van der Waals surface area contributed by atoms with Gasteiger partial charge in [-0.05, 0) is 39.3 Å². The summed E-state index contributed by atoms with van der Waals surface area (Å²) < 4.78 is 74.9. The molecule has 1 aliphatic heterocycles. The Balaban J connectivity index is 1.86. The number of nitrogens with zero attached hydrogens (tertiary/aromatic N) is 2. The van der Waals surface area contributed by atoms with E-state index in [2.05, 4.69) is 4.18 Å². The zero-order chi connectivity index (χ0) is 24.6. The lowest BCUT2D eigenvalue weighted by Gasteiger charge is -2.27. The summed E-state index contributed by atoms with van der Waals surface area (Å²) in [4.78, 5) is 27.9. The number of fused-ring (bicyclic) bond motifs is 1. The number of alkyl halides is 3. The average molecular weight is 492 g/mol. The number of carbonyl (C=O) groups excluding carboxylic acids is 1. The molecular weight excluding hydrogens is 469 g/mol. The van der Waals surface area contributed by atoms with Crippen LogP contribution in [-0.2, 0) is 14.9 Å². The Morgan fingerprint density at radius 1 is 1.06 bits per heavy atom. The maximum absolute atomic E-state index is 12.6. The molecule has 0 spiro atoms. The number of ether oxygens (including phenoxy) is 1. The van der Waals surface area contributed by atoms with Crippen molar-refractivity contribution in [2.24, 2.45) is 0 Å². The number of halogens is 3. The van der Waals surface area contributed by atoms with E-state index in [4.69, 9.17) is 9.15 Å². The zero-order valence-electron chi connectivity index (χ0n) is 18.1. The normalized spacial score (nSPS) is 15.9. The molecule has 33 heavy (non-hydrogen) atoms. The van der Waals surface area contributed by atoms with E-state index in [1.807, 2.05) is 4.90 Å². The van der Waals surface area contributed by atoms with Crippen LogP contribution in [0.1, 0.15) is 27.2 Å². The van der Waals surface area contributed by atoms with Gasteiger partial charge in [-0.15, -0.1) is 0 Å². The van der Waals surface area contributed by atoms with E-state index in [0.717, 1.165) is 12.1 Å². The third-order valence-corrected chi connectivity index (χ3v) is 5.65. The molecule has 3 rings (SSSR count). The fourth-order valence-corrected chi connectivity index (χ4v) is 3.73. The maximum Gasteiger partial charge on any atom is 0.534 e. The molecule has 0 aliphatic carbocycles. The molecule has 0 bridgehead atoms. The van der Waals surface area contributed by atoms with Crippen molar-refractivity contribution in [2.75, 3.05) is 31.1 Å². The minimum atomic E-state index is -5.87. The predicted octanol–water partition coefficient (Wildman–Crippen LogP) is 3.47. The second kappa shape index (κ2) is 8.76. The highest BCUT2D eigenvalue weighted by molar-refractivity contribution is 7.88. The van der Waals surface area contributed by atoms with Crippen LogP contribution in [0.25, 0.3) is 11.0 Å². The van der Waals surface area contributed by atoms with Crippen LogP contribution < -0.4 is 14.7 Å². The molecule has 1 aliphatic rings. The van der Waals surface area contributed by atoms with Gasteiger partial charge >= 0.3 is 27.3 Å². The monoisotopic (exact) mass is 492 g/mol. The number of benzene rings is 1. The highest BCUT2D eigenvalue weighted by Gasteiger charge is 2.48. The van der Waals surface area contributed by atoms with Gasteiger partial charge in [0.2, 0.25) is 0 Å². The topological polar surface area (TPSA) is 106 Å². The second-order valence-corrected chi connectivity index (χ2v) is 9.94. The highest BCUT2D eigenvalue weighted by atomic mass is 32.2. The van der Waals surface area contributed by atoms with Gasteiger partial charge in [0.15, 0.2) is 0 Å². The zero-order valence-corrected chi connectivity index (χ0v) is 19.0. The van der Waals surface area contributed by atoms with Crippen molar-refractivity contribution in [3.63, 3.8) is 0 Å². The molecule has 2 aromatic rings. The van der Waals surface area contributed by atoms with E-state index >= 15 is 0 Å². The first kappa shape index (κ1) is 24.7. The molecule has 1 fully saturated rings. The van der Waals surface area contributed by atoms with Crippen LogP contribution in [0.4, 0.5) is 23.7 Å². The Morgan fingerprint density at radius 2 is 1.76 bits per heavy atom. The third kappa shape index (κ3) is 5.89. The van der Waals surface area contributed by atoms with Crippen LogP contribution in [0.15, 0.2) is 33.5 Å². The van der Waals surface area contributed by atoms with Crippen LogP contribution in [-0.4, -0.2) is 56.7 Å². The summed E-state index contributed by atoms with van der Waals surface area (Å²) in [6, 6.07) is 4.50. The number of rotatable bonds is 3. The van der Waals surface area contributed by atoms with Gasteiger partial charge in [-0.1, -0.05) is 0 Å². The maximum atomic E-state index is 12.6. The molecule has 13 heteroatoms. The molecule has 182 valence electrons. The van der Waals surface area contributed by atoms with Gasteiger partial charge in [0.1, 0.15) is 16.9 Å². The summed E-state index contributed by atoms with van der Waals surface area (Å²) in [6.07, 6.45) is 0.126. The van der Waals surface area contributed by atoms with Crippen molar-refractivity contribution in [1.82, 2.24) is 4.90 Å². The van der Waals surface area contributed by atoms with Crippen LogP contribution in [0.2, 0.25) is 0 Å². The molecule has 0 radical (unpaired) electrons. The first-order chi connectivity index (χ1) is 15.2. The molecular formula is C20H23F3N2O7S. The van der Waals surface area contributed by atoms with Crippen LogP contribution in [0.5, 0.6) is 5.75 Å². The van der Waals surface area contributed by atoms with E-state index in [9.17, 15) is 31.2 Å². The van der Waals surface area contributed by atoms with Crippen molar-refractivity contribution in [3.05, 3.63) is 34.7 Å². The minimum Gasteiger partial charge on any atom is -0.444 e. The van der Waals surface area contributed by atoms with Gasteiger partial charge in [0.05, 0.1) is 5.69 Å². The van der Waals surface area contributed by atoms with Gasteiger partial charge in [-0.3, -0.25) is 0 Å². The lowest BCUT2D eigenvalue weighted by molar-refractivity contribution is -0.0500. The SMILES string of the molecule is CC(C)(C)OC(=O)N1CCCN(c2cc(=O)oc3cc(OS(=O)(=O)C(F)(F)F)ccc23)CC1. The average Bonchev–Trinajstić information content (AvgIpc) is 2.90. The Hall–Kier alpha value is -2.96. The van der Waals surface area contributed by atoms with Gasteiger partial charge in [0, 0.05) is 43.7 Å². The number of hydrogen-bond acceptors (Lipinski definition) is 8. The smallest absolute Gasteiger partial charge is 0.444 e. The van der Waals surface area contributed by atoms with Crippen LogP contribution in [0.3, 0.4) is 0 Å². The summed E-state index contributed by atoms with van der Waals surface area (Å²) >= 11 is 0. The van der Waals surface area contributed by atoms with Crippen molar-refractivity contribution < 1.29 is 39.7 Å². The van der Waals surface area contributed by atoms with Crippen molar-refractivity contribution in [3.8, 4) is 5.75 Å². The fraction of sp³-hybridized carbons (Fsp3) is 0.500. The highest BCUT2D eigenvalue weighted by Crippen LogP contribution is 2.32. The quantitative estimate of drug-likeness (QED) is 0.364. The fourth-order valence-electron chi connectivity index (χ4n) is 3.28. The molecule has 1 aromatic carbocycles. The number of hydrogen-bond donors (Lipinski definition) is 0. The lowest BCUT2D eigenvalue weighted by atomic mass is 10.1. The van der Waals surface area contributed by atoms with E-state index in [-0.39, 0.29) is 5.58 Å². The van der Waals surface area contributed by atoms with E-state index in [1.165, 1.54) is 12.1 Å². The standard InChI is InChI=1S/C20H23F3N2O7S/c1-19(2,3)31-18(27)25-8-4-7-24(9-10-25)15-12-17(26)30-16-11-13(5-6-14(15)16)32-33(28,29)20(21,22)23/h5-6,11-12H,4,7-10H2,1-3H3. The molecule has 9 nitrogen and oxygen atoms in total. The molecule has 0 saturated carbocycles. The Bertz CT molecular complexity index is 1200. The Morgan fingerprint density at radius 3 is 2.39 bits per heavy atom. The first-order valence-electron chi connectivity index (χ1n) is 9.98. The molecule has 1 amide bonds. The molecule has 1 aromatic heterocycles. The predicted molar refractivity (Wildman–Crippen MR) is 113 cm³/mol. The molecule has 1 saturated heterocycles. The summed E-state index contributed by atoms with van der Waals surface area (Å²) in [5, 5.41) is 0.372. The Labute approximate surface area is 187 Å². The molecule has 0 atom stereocenters. The van der Waals surface area contributed by atoms with Crippen LogP contribution >= 0.6 is 0 Å². The number of amides is 1. The second-order valence-electron chi connectivity index (χ2n) is 8.40. The first-order valence-corrected chi connectivity index (χ1v) is 11.4. The molecule has 0 unspecified atom stereocenters. The summed E-state index contributed by atoms with van der Waals surface area (Å²) in [5.74, 6) is -0.646. The minimum absolute atomic E-state index is 0.138. The van der Waals surface area contributed by atoms with E-state index < -0.39 is 38.7 Å². The van der Waals surface area contributed by atoms with Gasteiger partial charge in [-0.25, -0.2) is 9.59 Å². The van der Waals surface area contributed by atoms with Crippen molar-refractivity contribution >= 4 is 32.9 Å². The van der Waals surface area contributed by atoms with Crippen LogP contribution in [0, 0.1) is 0 Å². The third-order valence-electron chi connectivity index (χ3n) is 4.67. The summed E-state index contributed by atoms with van der Waals surface area (Å²) in [6.45, 7) is 6.91. The molecule has 2 heterocycles. The van der Waals surface area contributed by atoms with E-state index in [0.29, 0.717) is 43.7 Å². The van der Waals surface area contributed by atoms with Gasteiger partial charge in [0.25, 0.3) is 0 Å².